The van der Waals surface area contributed by atoms with Gasteiger partial charge >= 0.3 is 0 Å². The van der Waals surface area contributed by atoms with Gasteiger partial charge in [-0.2, -0.15) is 0 Å². The summed E-state index contributed by atoms with van der Waals surface area (Å²) in [7, 11) is 1.77. The van der Waals surface area contributed by atoms with Crippen molar-refractivity contribution in [1.29, 1.82) is 0 Å². The lowest BCUT2D eigenvalue weighted by molar-refractivity contribution is -0.742. The molecule has 70 valence electrons. The number of rotatable bonds is 1. The van der Waals surface area contributed by atoms with Crippen LogP contribution in [0.15, 0.2) is 9.98 Å². The highest BCUT2D eigenvalue weighted by molar-refractivity contribution is 5.83. The molecule has 7 heteroatoms. The van der Waals surface area contributed by atoms with Crippen LogP contribution in [-0.4, -0.2) is 36.6 Å². The Kier molecular flexibility index (Phi) is 10.1. The molecule has 0 rings (SSSR count). The van der Waals surface area contributed by atoms with Gasteiger partial charge in [0, 0.05) is 13.6 Å². The molecule has 12 heavy (non-hydrogen) atoms. The van der Waals surface area contributed by atoms with Crippen molar-refractivity contribution >= 4 is 12.7 Å². The van der Waals surface area contributed by atoms with E-state index in [4.69, 9.17) is 15.3 Å². The molecule has 0 radical (unpaired) electrons. The van der Waals surface area contributed by atoms with Crippen molar-refractivity contribution < 1.29 is 10.3 Å². The molecule has 0 heterocycles. The van der Waals surface area contributed by atoms with E-state index in [1.807, 2.05) is 6.92 Å². The Morgan fingerprint density at radius 3 is 2.33 bits per heavy atom. The van der Waals surface area contributed by atoms with E-state index in [0.29, 0.717) is 5.96 Å². The summed E-state index contributed by atoms with van der Waals surface area (Å²) in [4.78, 5) is 15.9. The van der Waals surface area contributed by atoms with Crippen LogP contribution < -0.4 is 5.32 Å². The predicted molar refractivity (Wildman–Crippen MR) is 45.4 cm³/mol. The molecule has 0 aliphatic carbocycles. The lowest BCUT2D eigenvalue weighted by Crippen LogP contribution is -2.15. The molecule has 0 saturated carbocycles. The Morgan fingerprint density at radius 2 is 2.25 bits per heavy atom. The van der Waals surface area contributed by atoms with Crippen LogP contribution in [0.4, 0.5) is 0 Å². The van der Waals surface area contributed by atoms with Crippen LogP contribution in [0.1, 0.15) is 6.92 Å². The normalized spacial score (nSPS) is 9.33. The van der Waals surface area contributed by atoms with Crippen molar-refractivity contribution in [2.45, 2.75) is 6.92 Å². The van der Waals surface area contributed by atoms with Gasteiger partial charge in [0.1, 0.15) is 0 Å². The van der Waals surface area contributed by atoms with Gasteiger partial charge in [0.15, 0.2) is 0 Å². The predicted octanol–water partition coefficient (Wildman–Crippen LogP) is -0.0654. The van der Waals surface area contributed by atoms with Crippen LogP contribution >= 0.6 is 0 Å². The van der Waals surface area contributed by atoms with Crippen molar-refractivity contribution in [3.8, 4) is 0 Å². The van der Waals surface area contributed by atoms with Gasteiger partial charge < -0.3 is 10.5 Å². The average Bonchev–Trinajstić information content (AvgIpc) is 1.99. The Morgan fingerprint density at radius 1 is 1.83 bits per heavy atom. The third-order valence-corrected chi connectivity index (χ3v) is 0.681. The molecule has 0 aromatic rings. The first kappa shape index (κ1) is 13.0. The molecule has 0 spiro atoms. The minimum absolute atomic E-state index is 0.604. The van der Waals surface area contributed by atoms with Crippen molar-refractivity contribution in [1.82, 2.24) is 5.32 Å². The van der Waals surface area contributed by atoms with E-state index >= 15 is 0 Å². The number of hydrogen-bond acceptors (Lipinski definition) is 3. The molecular formula is C5H12N4O3. The van der Waals surface area contributed by atoms with Crippen molar-refractivity contribution in [2.24, 2.45) is 9.98 Å². The standard InChI is InChI=1S/C5H11N3.HNO3/c1-4-8-5(6-2)7-3;2-1(3)4/h2,4H2,1,3H3,(H,7,8);(H,2,3,4). The lowest BCUT2D eigenvalue weighted by atomic mass is 10.8. The smallest absolute Gasteiger partial charge is 0.291 e. The van der Waals surface area contributed by atoms with Gasteiger partial charge in [-0.05, 0) is 13.6 Å². The first-order chi connectivity index (χ1) is 5.58. The zero-order valence-electron chi connectivity index (χ0n) is 7.02. The second kappa shape index (κ2) is 9.34. The molecule has 0 aliphatic rings. The largest absolute Gasteiger partial charge is 0.358 e. The Bertz CT molecular complexity index is 164. The minimum atomic E-state index is -1.50. The number of aliphatic imine (C=N–C) groups is 2. The highest BCUT2D eigenvalue weighted by Gasteiger charge is 1.81. The molecule has 0 aromatic heterocycles. The monoisotopic (exact) mass is 176 g/mol. The van der Waals surface area contributed by atoms with E-state index in [9.17, 15) is 0 Å². The maximum Gasteiger partial charge on any atom is 0.291 e. The molecule has 0 aliphatic heterocycles. The summed E-state index contributed by atoms with van der Waals surface area (Å²) in [6, 6.07) is 0. The number of nitrogens with zero attached hydrogens (tertiary/aromatic N) is 3. The summed E-state index contributed by atoms with van der Waals surface area (Å²) in [5.41, 5.74) is 0. The molecule has 0 amide bonds. The Labute approximate surface area is 69.9 Å². The first-order valence-electron chi connectivity index (χ1n) is 3.10. The molecule has 0 aromatic carbocycles. The molecule has 0 bridgehead atoms. The quantitative estimate of drug-likeness (QED) is 0.253. The van der Waals surface area contributed by atoms with E-state index in [1.54, 1.807) is 7.05 Å². The number of guanidine groups is 1. The summed E-state index contributed by atoms with van der Waals surface area (Å²) in [6.45, 7) is 6.00. The van der Waals surface area contributed by atoms with Gasteiger partial charge in [-0.25, -0.2) is 4.99 Å². The van der Waals surface area contributed by atoms with E-state index < -0.39 is 5.09 Å². The molecule has 0 unspecified atom stereocenters. The number of hydrogen-bond donors (Lipinski definition) is 2. The summed E-state index contributed by atoms with van der Waals surface area (Å²) < 4.78 is 0. The zero-order valence-corrected chi connectivity index (χ0v) is 7.02. The SMILES string of the molecule is C=NC(=NCC)NC.O=[N+]([O-])O. The van der Waals surface area contributed by atoms with Crippen LogP contribution in [0.3, 0.4) is 0 Å². The summed E-state index contributed by atoms with van der Waals surface area (Å²) >= 11 is 0. The maximum absolute atomic E-state index is 8.36. The Hall–Kier alpha value is -1.66. The fourth-order valence-corrected chi connectivity index (χ4v) is 0.358. The van der Waals surface area contributed by atoms with E-state index in [1.165, 1.54) is 0 Å². The van der Waals surface area contributed by atoms with Crippen LogP contribution in [0.25, 0.3) is 0 Å². The van der Waals surface area contributed by atoms with Gasteiger partial charge in [0.2, 0.25) is 5.96 Å². The van der Waals surface area contributed by atoms with Crippen molar-refractivity contribution in [3.05, 3.63) is 10.1 Å². The van der Waals surface area contributed by atoms with Gasteiger partial charge in [-0.15, -0.1) is 10.1 Å². The highest BCUT2D eigenvalue weighted by atomic mass is 16.9. The second-order valence-electron chi connectivity index (χ2n) is 1.44. The topological polar surface area (TPSA) is 100 Å². The van der Waals surface area contributed by atoms with Crippen LogP contribution in [-0.2, 0) is 0 Å². The molecule has 0 saturated heterocycles. The molecule has 0 fully saturated rings. The molecule has 2 N–H and O–H groups in total. The number of nitrogens with one attached hydrogen (secondary N) is 1. The molecule has 7 nitrogen and oxygen atoms in total. The molecular weight excluding hydrogens is 164 g/mol. The van der Waals surface area contributed by atoms with E-state index in [2.05, 4.69) is 22.0 Å². The fourth-order valence-electron chi connectivity index (χ4n) is 0.358. The summed E-state index contributed by atoms with van der Waals surface area (Å²) in [5.74, 6) is 0.604. The van der Waals surface area contributed by atoms with Crippen LogP contribution in [0, 0.1) is 10.1 Å². The summed E-state index contributed by atoms with van der Waals surface area (Å²) in [5, 5.41) is 16.4. The van der Waals surface area contributed by atoms with Crippen molar-refractivity contribution in [2.75, 3.05) is 13.6 Å². The fraction of sp³-hybridized carbons (Fsp3) is 0.600. The van der Waals surface area contributed by atoms with Gasteiger partial charge in [-0.3, -0.25) is 4.99 Å². The van der Waals surface area contributed by atoms with Gasteiger partial charge in [0.05, 0.1) is 0 Å². The Balaban J connectivity index is 0. The zero-order chi connectivity index (χ0) is 9.98. The van der Waals surface area contributed by atoms with E-state index in [-0.39, 0.29) is 0 Å². The lowest BCUT2D eigenvalue weighted by Gasteiger charge is -1.93. The first-order valence-corrected chi connectivity index (χ1v) is 3.10. The maximum atomic E-state index is 8.36. The minimum Gasteiger partial charge on any atom is -0.358 e. The van der Waals surface area contributed by atoms with E-state index in [0.717, 1.165) is 6.54 Å². The van der Waals surface area contributed by atoms with Crippen LogP contribution in [0.5, 0.6) is 0 Å². The van der Waals surface area contributed by atoms with Gasteiger partial charge in [0.25, 0.3) is 5.09 Å². The average molecular weight is 176 g/mol. The third kappa shape index (κ3) is 15.8. The summed E-state index contributed by atoms with van der Waals surface area (Å²) in [6.07, 6.45) is 0. The second-order valence-corrected chi connectivity index (χ2v) is 1.44. The van der Waals surface area contributed by atoms with Crippen molar-refractivity contribution in [3.63, 3.8) is 0 Å². The molecule has 0 atom stereocenters. The van der Waals surface area contributed by atoms with Crippen LogP contribution in [0.2, 0.25) is 0 Å². The third-order valence-electron chi connectivity index (χ3n) is 0.681. The van der Waals surface area contributed by atoms with Gasteiger partial charge in [-0.1, -0.05) is 0 Å². The highest BCUT2D eigenvalue weighted by Crippen LogP contribution is 1.71.